The largest absolute Gasteiger partial charge is 0.324 e. The first-order valence-corrected chi connectivity index (χ1v) is 11.3. The third-order valence-electron chi connectivity index (χ3n) is 5.35. The molecule has 2 aromatic rings. The number of sulfonamides is 1. The number of nitrogens with zero attached hydrogens (tertiary/aromatic N) is 2. The fraction of sp³-hybridized carbons (Fsp3) is 0.429. The number of hydrogen-bond acceptors (Lipinski definition) is 4. The van der Waals surface area contributed by atoms with E-state index >= 15 is 0 Å². The van der Waals surface area contributed by atoms with E-state index in [9.17, 15) is 18.0 Å². The lowest BCUT2D eigenvalue weighted by atomic mass is 10.1. The molecule has 8 heteroatoms. The maximum atomic E-state index is 13.0. The molecule has 1 aromatic carbocycles. The van der Waals surface area contributed by atoms with Crippen molar-refractivity contribution in [3.63, 3.8) is 0 Å². The minimum absolute atomic E-state index is 0.0403. The van der Waals surface area contributed by atoms with Gasteiger partial charge in [0, 0.05) is 31.0 Å². The molecule has 1 amide bonds. The fourth-order valence-electron chi connectivity index (χ4n) is 3.45. The van der Waals surface area contributed by atoms with Crippen LogP contribution >= 0.6 is 0 Å². The van der Waals surface area contributed by atoms with Crippen LogP contribution in [0.3, 0.4) is 0 Å². The summed E-state index contributed by atoms with van der Waals surface area (Å²) in [5, 5.41) is 2.80. The molecular weight excluding hydrogens is 390 g/mol. The minimum Gasteiger partial charge on any atom is -0.324 e. The highest BCUT2D eigenvalue weighted by Gasteiger charge is 2.26. The zero-order chi connectivity index (χ0) is 21.0. The lowest BCUT2D eigenvalue weighted by Gasteiger charge is -2.20. The first-order chi connectivity index (χ1) is 13.8. The van der Waals surface area contributed by atoms with Gasteiger partial charge in [-0.05, 0) is 49.9 Å². The maximum Gasteiger partial charge on any atom is 0.251 e. The molecule has 0 aliphatic carbocycles. The van der Waals surface area contributed by atoms with Gasteiger partial charge in [0.05, 0.1) is 4.90 Å². The third kappa shape index (κ3) is 4.94. The van der Waals surface area contributed by atoms with E-state index in [0.717, 1.165) is 41.4 Å². The second-order valence-electron chi connectivity index (χ2n) is 7.44. The number of amides is 1. The van der Waals surface area contributed by atoms with Crippen molar-refractivity contribution in [2.75, 3.05) is 18.4 Å². The van der Waals surface area contributed by atoms with Gasteiger partial charge in [0.25, 0.3) is 5.56 Å². The molecule has 156 valence electrons. The van der Waals surface area contributed by atoms with Crippen LogP contribution < -0.4 is 10.9 Å². The Morgan fingerprint density at radius 1 is 1.03 bits per heavy atom. The zero-order valence-electron chi connectivity index (χ0n) is 16.8. The molecule has 1 N–H and O–H groups in total. The van der Waals surface area contributed by atoms with Gasteiger partial charge in [0.1, 0.15) is 6.54 Å². The van der Waals surface area contributed by atoms with E-state index < -0.39 is 15.6 Å². The second-order valence-corrected chi connectivity index (χ2v) is 9.38. The predicted molar refractivity (Wildman–Crippen MR) is 112 cm³/mol. The van der Waals surface area contributed by atoms with Crippen LogP contribution in [0.2, 0.25) is 0 Å². The van der Waals surface area contributed by atoms with Crippen molar-refractivity contribution in [2.24, 2.45) is 0 Å². The predicted octanol–water partition coefficient (Wildman–Crippen LogP) is 2.67. The Bertz CT molecular complexity index is 1050. The standard InChI is InChI=1S/C21H27N3O4S/c1-16-8-7-9-19(17(16)2)22-20(25)15-23-14-18(10-11-21(23)26)29(27,28)24-12-5-3-4-6-13-24/h7-11,14H,3-6,12-13,15H2,1-2H3,(H,22,25). The molecule has 7 nitrogen and oxygen atoms in total. The van der Waals surface area contributed by atoms with Gasteiger partial charge < -0.3 is 9.88 Å². The highest BCUT2D eigenvalue weighted by molar-refractivity contribution is 7.89. The Labute approximate surface area is 171 Å². The van der Waals surface area contributed by atoms with Gasteiger partial charge in [-0.1, -0.05) is 25.0 Å². The summed E-state index contributed by atoms with van der Waals surface area (Å²) in [6, 6.07) is 8.12. The number of aryl methyl sites for hydroxylation is 1. The van der Waals surface area contributed by atoms with Gasteiger partial charge >= 0.3 is 0 Å². The number of carbonyl (C=O) groups is 1. The number of pyridine rings is 1. The molecule has 29 heavy (non-hydrogen) atoms. The molecule has 0 atom stereocenters. The molecular formula is C21H27N3O4S. The smallest absolute Gasteiger partial charge is 0.251 e. The van der Waals surface area contributed by atoms with Crippen molar-refractivity contribution in [2.45, 2.75) is 51.0 Å². The molecule has 1 saturated heterocycles. The van der Waals surface area contributed by atoms with Gasteiger partial charge in [-0.25, -0.2) is 8.42 Å². The van der Waals surface area contributed by atoms with Crippen molar-refractivity contribution >= 4 is 21.6 Å². The Morgan fingerprint density at radius 2 is 1.72 bits per heavy atom. The quantitative estimate of drug-likeness (QED) is 0.810. The van der Waals surface area contributed by atoms with Crippen molar-refractivity contribution in [1.82, 2.24) is 8.87 Å². The molecule has 1 fully saturated rings. The van der Waals surface area contributed by atoms with Crippen LogP contribution in [0, 0.1) is 13.8 Å². The van der Waals surface area contributed by atoms with Gasteiger partial charge in [0.15, 0.2) is 0 Å². The summed E-state index contributed by atoms with van der Waals surface area (Å²) in [6.45, 7) is 4.57. The monoisotopic (exact) mass is 417 g/mol. The van der Waals surface area contributed by atoms with E-state index in [4.69, 9.17) is 0 Å². The summed E-state index contributed by atoms with van der Waals surface area (Å²) in [5.74, 6) is -0.384. The van der Waals surface area contributed by atoms with E-state index in [1.54, 1.807) is 6.07 Å². The highest BCUT2D eigenvalue weighted by Crippen LogP contribution is 2.20. The fourth-order valence-corrected chi connectivity index (χ4v) is 4.99. The second kappa shape index (κ2) is 8.92. The Balaban J connectivity index is 1.81. The first kappa shape index (κ1) is 21.3. The van der Waals surface area contributed by atoms with E-state index in [-0.39, 0.29) is 17.3 Å². The van der Waals surface area contributed by atoms with Crippen LogP contribution in [-0.2, 0) is 21.4 Å². The molecule has 1 aliphatic rings. The van der Waals surface area contributed by atoms with Gasteiger partial charge in [-0.2, -0.15) is 4.31 Å². The van der Waals surface area contributed by atoms with Gasteiger partial charge in [0.2, 0.25) is 15.9 Å². The molecule has 0 spiro atoms. The topological polar surface area (TPSA) is 88.5 Å². The zero-order valence-corrected chi connectivity index (χ0v) is 17.7. The number of carbonyl (C=O) groups excluding carboxylic acids is 1. The normalized spacial score (nSPS) is 15.7. The van der Waals surface area contributed by atoms with E-state index in [0.29, 0.717) is 18.8 Å². The lowest BCUT2D eigenvalue weighted by Crippen LogP contribution is -2.33. The Hall–Kier alpha value is -2.45. The summed E-state index contributed by atoms with van der Waals surface area (Å²) in [7, 11) is -3.69. The number of hydrogen-bond donors (Lipinski definition) is 1. The SMILES string of the molecule is Cc1cccc(NC(=O)Cn2cc(S(=O)(=O)N3CCCCCC3)ccc2=O)c1C. The van der Waals surface area contributed by atoms with Crippen molar-refractivity contribution in [1.29, 1.82) is 0 Å². The summed E-state index contributed by atoms with van der Waals surface area (Å²) >= 11 is 0. The third-order valence-corrected chi connectivity index (χ3v) is 7.23. The Kier molecular flexibility index (Phi) is 6.54. The number of benzene rings is 1. The number of anilines is 1. The van der Waals surface area contributed by atoms with Gasteiger partial charge in [-0.15, -0.1) is 0 Å². The molecule has 0 radical (unpaired) electrons. The van der Waals surface area contributed by atoms with Crippen LogP contribution in [-0.4, -0.2) is 36.3 Å². The summed E-state index contributed by atoms with van der Waals surface area (Å²) in [6.07, 6.45) is 4.97. The molecule has 0 unspecified atom stereocenters. The van der Waals surface area contributed by atoms with Crippen LogP contribution in [0.25, 0.3) is 0 Å². The average molecular weight is 418 g/mol. The van der Waals surface area contributed by atoms with Crippen molar-refractivity contribution in [3.8, 4) is 0 Å². The van der Waals surface area contributed by atoms with Gasteiger partial charge in [-0.3, -0.25) is 9.59 Å². The van der Waals surface area contributed by atoms with E-state index in [2.05, 4.69) is 5.32 Å². The van der Waals surface area contributed by atoms with Crippen LogP contribution in [0.15, 0.2) is 46.2 Å². The summed E-state index contributed by atoms with van der Waals surface area (Å²) in [5.41, 5.74) is 2.25. The maximum absolute atomic E-state index is 13.0. The average Bonchev–Trinajstić information content (AvgIpc) is 2.97. The number of aromatic nitrogens is 1. The molecule has 1 aliphatic heterocycles. The van der Waals surface area contributed by atoms with Crippen LogP contribution in [0.5, 0.6) is 0 Å². The molecule has 0 saturated carbocycles. The van der Waals surface area contributed by atoms with E-state index in [1.807, 2.05) is 26.0 Å². The number of nitrogens with one attached hydrogen (secondary N) is 1. The summed E-state index contributed by atoms with van der Waals surface area (Å²) in [4.78, 5) is 24.7. The Morgan fingerprint density at radius 3 is 2.41 bits per heavy atom. The molecule has 3 rings (SSSR count). The van der Waals surface area contributed by atoms with E-state index in [1.165, 1.54) is 22.6 Å². The number of rotatable bonds is 5. The minimum atomic E-state index is -3.69. The first-order valence-electron chi connectivity index (χ1n) is 9.86. The molecule has 1 aromatic heterocycles. The van der Waals surface area contributed by atoms with Crippen LogP contribution in [0.1, 0.15) is 36.8 Å². The van der Waals surface area contributed by atoms with Crippen molar-refractivity contribution < 1.29 is 13.2 Å². The van der Waals surface area contributed by atoms with Crippen molar-refractivity contribution in [3.05, 3.63) is 58.0 Å². The molecule has 2 heterocycles. The summed E-state index contributed by atoms with van der Waals surface area (Å²) < 4.78 is 28.6. The van der Waals surface area contributed by atoms with Crippen LogP contribution in [0.4, 0.5) is 5.69 Å². The molecule has 0 bridgehead atoms. The lowest BCUT2D eigenvalue weighted by molar-refractivity contribution is -0.116. The highest BCUT2D eigenvalue weighted by atomic mass is 32.2.